The van der Waals surface area contributed by atoms with Crippen LogP contribution >= 0.6 is 11.8 Å². The van der Waals surface area contributed by atoms with Gasteiger partial charge in [-0.1, -0.05) is 67.6 Å². The predicted molar refractivity (Wildman–Crippen MR) is 213 cm³/mol. The van der Waals surface area contributed by atoms with E-state index in [1.807, 2.05) is 60.7 Å². The second-order valence-electron chi connectivity index (χ2n) is 16.2. The van der Waals surface area contributed by atoms with E-state index in [1.165, 1.54) is 26.2 Å². The second-order valence-corrected chi connectivity index (χ2v) is 17.3. The Morgan fingerprint density at radius 2 is 1.46 bits per heavy atom. The number of hydrogen-bond donors (Lipinski definition) is 4. The summed E-state index contributed by atoms with van der Waals surface area (Å²) in [6, 6.07) is 32.5. The summed E-state index contributed by atoms with van der Waals surface area (Å²) in [5.41, 5.74) is 6.76. The number of aliphatic hydroxyl groups is 1. The van der Waals surface area contributed by atoms with Gasteiger partial charge in [0.2, 0.25) is 5.91 Å². The maximum absolute atomic E-state index is 13.2. The standard InChI is InChI=1S/C45H51N3O5S/c1-28-41(27-54-40-15-13-39(14-16-40)47-29(2)50)52-43(53-42(28)35-11-9-30(26-49)10-12-35)38-8-4-7-37(21-38)36-6-3-5-31(20-36)25-46-44(51)48-45-22-32-17-33(23-45)19-34(18-32)24-45/h3-16,20-21,28,32-34,41-43,49H,17-19,22-27H2,1-2H3,(H,47,50)(H2,46,48,51). The van der Waals surface area contributed by atoms with Crippen LogP contribution in [-0.2, 0) is 27.4 Å². The van der Waals surface area contributed by atoms with Gasteiger partial charge in [-0.05, 0) is 120 Å². The molecule has 0 radical (unpaired) electrons. The van der Waals surface area contributed by atoms with Gasteiger partial charge in [-0.15, -0.1) is 11.8 Å². The van der Waals surface area contributed by atoms with Gasteiger partial charge in [-0.25, -0.2) is 4.79 Å². The Balaban J connectivity index is 0.960. The third-order valence-electron chi connectivity index (χ3n) is 12.0. The van der Waals surface area contributed by atoms with Gasteiger partial charge in [0.1, 0.15) is 0 Å². The van der Waals surface area contributed by atoms with Crippen LogP contribution in [0.3, 0.4) is 0 Å². The number of benzene rings is 4. The lowest BCUT2D eigenvalue weighted by Crippen LogP contribution is -2.61. The molecule has 5 aliphatic rings. The first-order valence-corrected chi connectivity index (χ1v) is 20.5. The maximum Gasteiger partial charge on any atom is 0.315 e. The molecule has 1 aliphatic heterocycles. The Morgan fingerprint density at radius 3 is 2.13 bits per heavy atom. The van der Waals surface area contributed by atoms with E-state index in [4.69, 9.17) is 9.47 Å². The maximum atomic E-state index is 13.2. The van der Waals surface area contributed by atoms with Crippen LogP contribution < -0.4 is 16.0 Å². The SMILES string of the molecule is CC(=O)Nc1ccc(SCC2OC(c3cccc(-c4cccc(CNC(=O)NC56CC7CC(CC(C7)C5)C6)c4)c3)OC(c3ccc(CO)cc3)C2C)cc1. The van der Waals surface area contributed by atoms with Crippen LogP contribution in [0, 0.1) is 23.7 Å². The van der Waals surface area contributed by atoms with E-state index in [0.717, 1.165) is 86.7 Å². The first kappa shape index (κ1) is 36.8. The van der Waals surface area contributed by atoms with Crippen LogP contribution in [0.2, 0.25) is 0 Å². The summed E-state index contributed by atoms with van der Waals surface area (Å²) in [5.74, 6) is 3.03. The number of hydrogen-bond acceptors (Lipinski definition) is 6. The molecule has 4 unspecified atom stereocenters. The largest absolute Gasteiger partial charge is 0.392 e. The summed E-state index contributed by atoms with van der Waals surface area (Å²) in [5, 5.41) is 19.1. The smallest absolute Gasteiger partial charge is 0.315 e. The molecule has 3 amide bonds. The first-order chi connectivity index (χ1) is 26.2. The molecule has 4 bridgehead atoms. The number of anilines is 1. The van der Waals surface area contributed by atoms with E-state index in [0.29, 0.717) is 6.54 Å². The fraction of sp³-hybridized carbons (Fsp3) is 0.422. The Hall–Kier alpha value is -4.15. The molecule has 9 rings (SSSR count). The van der Waals surface area contributed by atoms with Crippen LogP contribution in [-0.4, -0.2) is 34.4 Å². The van der Waals surface area contributed by atoms with E-state index in [1.54, 1.807) is 11.8 Å². The molecule has 0 aromatic heterocycles. The molecule has 282 valence electrons. The summed E-state index contributed by atoms with van der Waals surface area (Å²) in [7, 11) is 0. The van der Waals surface area contributed by atoms with Crippen molar-refractivity contribution in [3.63, 3.8) is 0 Å². The number of thioether (sulfide) groups is 1. The van der Waals surface area contributed by atoms with E-state index < -0.39 is 6.29 Å². The normalized spacial score (nSPS) is 28.4. The van der Waals surface area contributed by atoms with Crippen LogP contribution in [0.15, 0.2) is 102 Å². The van der Waals surface area contributed by atoms with Gasteiger partial charge in [0.05, 0.1) is 18.8 Å². The van der Waals surface area contributed by atoms with E-state index in [2.05, 4.69) is 59.3 Å². The molecule has 0 spiro atoms. The minimum atomic E-state index is -0.588. The van der Waals surface area contributed by atoms with Crippen molar-refractivity contribution in [1.29, 1.82) is 0 Å². The Morgan fingerprint density at radius 1 is 0.796 bits per heavy atom. The molecule has 1 saturated heterocycles. The van der Waals surface area contributed by atoms with Crippen molar-refractivity contribution >= 4 is 29.4 Å². The van der Waals surface area contributed by atoms with Crippen molar-refractivity contribution in [2.75, 3.05) is 11.1 Å². The molecule has 54 heavy (non-hydrogen) atoms. The number of carbonyl (C=O) groups is 2. The van der Waals surface area contributed by atoms with E-state index in [-0.39, 0.29) is 42.2 Å². The lowest BCUT2D eigenvalue weighted by Gasteiger charge is -2.56. The van der Waals surface area contributed by atoms with Gasteiger partial charge in [-0.3, -0.25) is 4.79 Å². The highest BCUT2D eigenvalue weighted by Gasteiger charge is 2.51. The zero-order chi connectivity index (χ0) is 37.2. The lowest BCUT2D eigenvalue weighted by atomic mass is 9.53. The highest BCUT2D eigenvalue weighted by Crippen LogP contribution is 2.55. The first-order valence-electron chi connectivity index (χ1n) is 19.5. The van der Waals surface area contributed by atoms with Gasteiger partial charge >= 0.3 is 6.03 Å². The van der Waals surface area contributed by atoms with Gasteiger partial charge in [0, 0.05) is 46.8 Å². The number of ether oxygens (including phenoxy) is 2. The number of rotatable bonds is 11. The summed E-state index contributed by atoms with van der Waals surface area (Å²) in [6.45, 7) is 4.13. The molecule has 4 atom stereocenters. The van der Waals surface area contributed by atoms with Crippen LogP contribution in [0.25, 0.3) is 11.1 Å². The topological polar surface area (TPSA) is 109 Å². The van der Waals surface area contributed by atoms with Crippen molar-refractivity contribution in [3.05, 3.63) is 119 Å². The Bertz CT molecular complexity index is 1910. The predicted octanol–water partition coefficient (Wildman–Crippen LogP) is 9.16. The summed E-state index contributed by atoms with van der Waals surface area (Å²) in [4.78, 5) is 25.8. The number of urea groups is 1. The molecule has 4 aromatic carbocycles. The third-order valence-corrected chi connectivity index (χ3v) is 13.1. The van der Waals surface area contributed by atoms with Crippen molar-refractivity contribution in [3.8, 4) is 11.1 Å². The van der Waals surface area contributed by atoms with Gasteiger partial charge in [-0.2, -0.15) is 0 Å². The summed E-state index contributed by atoms with van der Waals surface area (Å²) < 4.78 is 13.5. The van der Waals surface area contributed by atoms with Crippen LogP contribution in [0.5, 0.6) is 0 Å². The monoisotopic (exact) mass is 745 g/mol. The van der Waals surface area contributed by atoms with Crippen LogP contribution in [0.4, 0.5) is 10.5 Å². The molecule has 4 saturated carbocycles. The quantitative estimate of drug-likeness (QED) is 0.114. The van der Waals surface area contributed by atoms with Gasteiger partial charge in [0.15, 0.2) is 6.29 Å². The lowest BCUT2D eigenvalue weighted by molar-refractivity contribution is -0.268. The average Bonchev–Trinajstić information content (AvgIpc) is 3.16. The molecule has 1 heterocycles. The zero-order valence-corrected chi connectivity index (χ0v) is 31.9. The van der Waals surface area contributed by atoms with Crippen molar-refractivity contribution < 1.29 is 24.2 Å². The highest BCUT2D eigenvalue weighted by atomic mass is 32.2. The van der Waals surface area contributed by atoms with E-state index in [9.17, 15) is 14.7 Å². The fourth-order valence-electron chi connectivity index (χ4n) is 9.78. The number of nitrogens with one attached hydrogen (secondary N) is 3. The molecule has 4 aromatic rings. The number of aliphatic hydroxyl groups excluding tert-OH is 1. The minimum Gasteiger partial charge on any atom is -0.392 e. The van der Waals surface area contributed by atoms with Crippen LogP contribution in [0.1, 0.15) is 87.0 Å². The molecule has 4 N–H and O–H groups in total. The Labute approximate surface area is 322 Å². The van der Waals surface area contributed by atoms with Crippen molar-refractivity contribution in [2.24, 2.45) is 23.7 Å². The molecular formula is C45H51N3O5S. The second kappa shape index (κ2) is 15.9. The summed E-state index contributed by atoms with van der Waals surface area (Å²) >= 11 is 1.72. The average molecular weight is 746 g/mol. The van der Waals surface area contributed by atoms with Crippen molar-refractivity contribution in [1.82, 2.24) is 10.6 Å². The fourth-order valence-corrected chi connectivity index (χ4v) is 10.9. The molecule has 9 heteroatoms. The van der Waals surface area contributed by atoms with Crippen molar-refractivity contribution in [2.45, 2.75) is 94.5 Å². The summed E-state index contributed by atoms with van der Waals surface area (Å²) in [6.07, 6.45) is 6.55. The highest BCUT2D eigenvalue weighted by molar-refractivity contribution is 7.99. The third kappa shape index (κ3) is 8.40. The minimum absolute atomic E-state index is 0.00776. The van der Waals surface area contributed by atoms with E-state index >= 15 is 0 Å². The molecule has 5 fully saturated rings. The number of amides is 3. The molecule has 4 aliphatic carbocycles. The Kier molecular flexibility index (Phi) is 10.8. The van der Waals surface area contributed by atoms with Gasteiger partial charge < -0.3 is 30.5 Å². The number of carbonyl (C=O) groups excluding carboxylic acids is 2. The molecular weight excluding hydrogens is 695 g/mol. The molecule has 8 nitrogen and oxygen atoms in total. The zero-order valence-electron chi connectivity index (χ0n) is 31.1. The van der Waals surface area contributed by atoms with Gasteiger partial charge in [0.25, 0.3) is 0 Å².